The summed E-state index contributed by atoms with van der Waals surface area (Å²) in [6.07, 6.45) is 5.79. The second kappa shape index (κ2) is 14.1. The van der Waals surface area contributed by atoms with Gasteiger partial charge in [0.2, 0.25) is 11.6 Å². The van der Waals surface area contributed by atoms with Crippen LogP contribution in [0.3, 0.4) is 0 Å². The first-order chi connectivity index (χ1) is 20.8. The van der Waals surface area contributed by atoms with E-state index in [-0.39, 0.29) is 42.0 Å². The molecule has 0 spiro atoms. The third kappa shape index (κ3) is 8.15. The molecule has 0 aliphatic rings. The molecule has 44 heavy (non-hydrogen) atoms. The summed E-state index contributed by atoms with van der Waals surface area (Å²) < 4.78 is 71.7. The van der Waals surface area contributed by atoms with E-state index in [1.807, 2.05) is 33.9 Å². The highest BCUT2D eigenvalue weighted by Crippen LogP contribution is 2.33. The van der Waals surface area contributed by atoms with Crippen LogP contribution in [0, 0.1) is 12.7 Å². The maximum atomic E-state index is 15.3. The fourth-order valence-corrected chi connectivity index (χ4v) is 5.82. The molecule has 0 aliphatic carbocycles. The first-order valence-electron chi connectivity index (χ1n) is 13.9. The first-order valence-corrected chi connectivity index (χ1v) is 16.8. The van der Waals surface area contributed by atoms with E-state index in [4.69, 9.17) is 13.7 Å². The fourth-order valence-electron chi connectivity index (χ4n) is 4.23. The molecule has 0 fully saturated rings. The molecule has 0 bridgehead atoms. The summed E-state index contributed by atoms with van der Waals surface area (Å²) in [5.41, 5.74) is 2.25. The summed E-state index contributed by atoms with van der Waals surface area (Å²) in [7, 11) is -3.64. The summed E-state index contributed by atoms with van der Waals surface area (Å²) in [5.74, 6) is -0.160. The average molecular weight is 653 g/mol. The van der Waals surface area contributed by atoms with Crippen molar-refractivity contribution in [3.8, 4) is 17.0 Å². The molecule has 4 aromatic rings. The number of nitrogens with one attached hydrogen (secondary N) is 1. The van der Waals surface area contributed by atoms with Crippen LogP contribution >= 0.6 is 0 Å². The van der Waals surface area contributed by atoms with E-state index >= 15 is 4.39 Å². The summed E-state index contributed by atoms with van der Waals surface area (Å²) in [6, 6.07) is 2.72. The largest absolute Gasteiger partial charge is 0.485 e. The molecule has 0 radical (unpaired) electrons. The number of rotatable bonds is 15. The lowest BCUT2D eigenvalue weighted by molar-refractivity contribution is 0.0160. The smallest absolute Gasteiger partial charge is 0.264 e. The van der Waals surface area contributed by atoms with Gasteiger partial charge in [-0.2, -0.15) is 23.0 Å². The molecule has 0 saturated carbocycles. The first kappa shape index (κ1) is 33.4. The summed E-state index contributed by atoms with van der Waals surface area (Å²) in [4.78, 5) is 9.40. The number of anilines is 2. The van der Waals surface area contributed by atoms with Gasteiger partial charge >= 0.3 is 0 Å². The quantitative estimate of drug-likeness (QED) is 0.147. The molecule has 2 unspecified atom stereocenters. The maximum absolute atomic E-state index is 15.3. The van der Waals surface area contributed by atoms with Crippen molar-refractivity contribution in [2.75, 3.05) is 38.4 Å². The van der Waals surface area contributed by atoms with E-state index in [0.29, 0.717) is 41.2 Å². The highest BCUT2D eigenvalue weighted by Gasteiger charge is 2.22. The van der Waals surface area contributed by atoms with Crippen LogP contribution in [0.1, 0.15) is 45.9 Å². The van der Waals surface area contributed by atoms with Crippen LogP contribution in [0.2, 0.25) is 0 Å². The Kier molecular flexibility index (Phi) is 10.7. The number of nitrogens with zero attached hydrogens (tertiary/aromatic N) is 7. The lowest BCUT2D eigenvalue weighted by Gasteiger charge is -2.18. The van der Waals surface area contributed by atoms with Gasteiger partial charge in [0.1, 0.15) is 35.1 Å². The molecule has 0 amide bonds. The predicted molar refractivity (Wildman–Crippen MR) is 163 cm³/mol. The predicted octanol–water partition coefficient (Wildman–Crippen LogP) is 3.84. The fraction of sp³-hybridized carbons (Fsp3) is 0.481. The zero-order valence-corrected chi connectivity index (χ0v) is 27.3. The van der Waals surface area contributed by atoms with Gasteiger partial charge in [-0.15, -0.1) is 5.10 Å². The average Bonchev–Trinajstić information content (AvgIpc) is 3.60. The number of fused-ring (bicyclic) bond motifs is 1. The Balaban J connectivity index is 1.57. The molecule has 17 heteroatoms. The number of ether oxygens (including phenoxy) is 2. The van der Waals surface area contributed by atoms with Gasteiger partial charge in [-0.05, 0) is 58.7 Å². The summed E-state index contributed by atoms with van der Waals surface area (Å²) in [6.45, 7) is 10.1. The molecule has 4 rings (SSSR count). The highest BCUT2D eigenvalue weighted by atomic mass is 32.2. The third-order valence-corrected chi connectivity index (χ3v) is 8.41. The van der Waals surface area contributed by atoms with E-state index in [1.54, 1.807) is 24.9 Å². The second-order valence-electron chi connectivity index (χ2n) is 10.3. The number of aryl methyl sites for hydroxylation is 1. The van der Waals surface area contributed by atoms with Gasteiger partial charge in [0.25, 0.3) is 10.1 Å². The Labute approximate surface area is 258 Å². The lowest BCUT2D eigenvalue weighted by atomic mass is 10.2. The summed E-state index contributed by atoms with van der Waals surface area (Å²) >= 11 is 0. The highest BCUT2D eigenvalue weighted by molar-refractivity contribution is 7.86. The van der Waals surface area contributed by atoms with Crippen LogP contribution in [-0.4, -0.2) is 85.5 Å². The Morgan fingerprint density at radius 3 is 2.66 bits per heavy atom. The van der Waals surface area contributed by atoms with E-state index in [0.717, 1.165) is 6.26 Å². The minimum Gasteiger partial charge on any atom is -0.485 e. The van der Waals surface area contributed by atoms with Crippen LogP contribution in [0.4, 0.5) is 16.0 Å². The molecular formula is C27H37FN8O6S2. The number of aromatic nitrogens is 6. The lowest BCUT2D eigenvalue weighted by Crippen LogP contribution is -2.24. The van der Waals surface area contributed by atoms with Gasteiger partial charge in [-0.1, -0.05) is 0 Å². The van der Waals surface area contributed by atoms with Gasteiger partial charge < -0.3 is 14.8 Å². The van der Waals surface area contributed by atoms with Crippen LogP contribution < -0.4 is 10.1 Å². The molecule has 0 saturated heterocycles. The van der Waals surface area contributed by atoms with Crippen molar-refractivity contribution in [3.05, 3.63) is 42.2 Å². The Morgan fingerprint density at radius 2 is 1.98 bits per heavy atom. The number of hydrogen-bond donors (Lipinski definition) is 1. The van der Waals surface area contributed by atoms with Crippen molar-refractivity contribution in [2.45, 2.75) is 58.3 Å². The molecule has 1 aromatic carbocycles. The van der Waals surface area contributed by atoms with Crippen molar-refractivity contribution in [1.82, 2.24) is 33.7 Å². The second-order valence-corrected chi connectivity index (χ2v) is 13.5. The van der Waals surface area contributed by atoms with Crippen molar-refractivity contribution >= 4 is 38.4 Å². The molecule has 240 valence electrons. The number of hydrogen-bond acceptors (Lipinski definition) is 11. The summed E-state index contributed by atoms with van der Waals surface area (Å²) in [5, 5.41) is 11.7. The van der Waals surface area contributed by atoms with Crippen LogP contribution in [-0.2, 0) is 30.0 Å². The molecule has 1 N–H and O–H groups in total. The number of halogens is 1. The zero-order valence-electron chi connectivity index (χ0n) is 25.6. The molecule has 0 aliphatic heterocycles. The third-order valence-electron chi connectivity index (χ3n) is 6.25. The standard InChI is InChI=1S/C27H37FN8O6S2/c1-8-40-19(5)35-15-20(14-30-35)24-25(42-17(2)3)26-32-27(33-36(26)16-29-24)31-22-12-18(4)23(13-21(22)28)43(37)34(6)10-9-11-41-44(7,38)39/h12-17,19H,8-11H2,1-7H3,(H,31,33). The van der Waals surface area contributed by atoms with Crippen molar-refractivity contribution in [2.24, 2.45) is 0 Å². The van der Waals surface area contributed by atoms with E-state index < -0.39 is 26.9 Å². The minimum atomic E-state index is -3.55. The minimum absolute atomic E-state index is 0.0414. The molecular weight excluding hydrogens is 615 g/mol. The zero-order chi connectivity index (χ0) is 32.2. The van der Waals surface area contributed by atoms with Crippen LogP contribution in [0.25, 0.3) is 16.9 Å². The maximum Gasteiger partial charge on any atom is 0.264 e. The van der Waals surface area contributed by atoms with Gasteiger partial charge in [0, 0.05) is 32.0 Å². The van der Waals surface area contributed by atoms with E-state index in [1.165, 1.54) is 27.3 Å². The Morgan fingerprint density at radius 1 is 1.23 bits per heavy atom. The Hall–Kier alpha value is -3.51. The van der Waals surface area contributed by atoms with Crippen molar-refractivity contribution in [3.63, 3.8) is 0 Å². The van der Waals surface area contributed by atoms with Crippen molar-refractivity contribution < 1.29 is 30.7 Å². The Bertz CT molecular complexity index is 1740. The van der Waals surface area contributed by atoms with Gasteiger partial charge in [0.15, 0.2) is 5.75 Å². The van der Waals surface area contributed by atoms with Crippen molar-refractivity contribution in [1.29, 1.82) is 0 Å². The molecule has 14 nitrogen and oxygen atoms in total. The SMILES string of the molecule is CCOC(C)n1cc(-c2ncn3nc(Nc4cc(C)c(S(=O)N(C)CCCOS(C)(=O)=O)cc4F)nc3c2OC(C)C)cn1. The van der Waals surface area contributed by atoms with Gasteiger partial charge in [-0.25, -0.2) is 22.6 Å². The molecule has 3 heterocycles. The normalized spacial score (nSPS) is 13.6. The van der Waals surface area contributed by atoms with Gasteiger partial charge in [0.05, 0.1) is 35.7 Å². The van der Waals surface area contributed by atoms with E-state index in [9.17, 15) is 12.6 Å². The topological polar surface area (TPSA) is 155 Å². The van der Waals surface area contributed by atoms with Gasteiger partial charge in [-0.3, -0.25) is 4.18 Å². The molecule has 2 atom stereocenters. The van der Waals surface area contributed by atoms with Crippen LogP contribution in [0.15, 0.2) is 35.7 Å². The van der Waals surface area contributed by atoms with E-state index in [2.05, 4.69) is 25.5 Å². The van der Waals surface area contributed by atoms with Crippen LogP contribution in [0.5, 0.6) is 5.75 Å². The molecule has 3 aromatic heterocycles. The number of benzene rings is 1. The monoisotopic (exact) mass is 652 g/mol.